The maximum Gasteiger partial charge on any atom is 0.318 e. The number of amides is 1. The number of benzene rings is 2. The minimum absolute atomic E-state index is 0.0881. The summed E-state index contributed by atoms with van der Waals surface area (Å²) >= 11 is 6.75. The van der Waals surface area contributed by atoms with E-state index in [9.17, 15) is 4.79 Å². The first-order chi connectivity index (χ1) is 23.3. The number of fused-ring (bicyclic) bond motifs is 3. The maximum absolute atomic E-state index is 12.7. The number of rotatable bonds is 9. The van der Waals surface area contributed by atoms with Gasteiger partial charge in [0.15, 0.2) is 0 Å². The predicted molar refractivity (Wildman–Crippen MR) is 192 cm³/mol. The summed E-state index contributed by atoms with van der Waals surface area (Å²) in [7, 11) is 2.24. The molecule has 1 amide bonds. The third kappa shape index (κ3) is 6.45. The Labute approximate surface area is 289 Å². The zero-order valence-electron chi connectivity index (χ0n) is 28.2. The molecule has 9 nitrogen and oxygen atoms in total. The molecule has 0 N–H and O–H groups in total. The second-order valence-electron chi connectivity index (χ2n) is 14.2. The van der Waals surface area contributed by atoms with E-state index in [0.717, 1.165) is 69.9 Å². The van der Waals surface area contributed by atoms with Crippen LogP contribution in [0.25, 0.3) is 15.6 Å². The molecular formula is C38H46ClN7O2. The van der Waals surface area contributed by atoms with E-state index in [1.807, 2.05) is 12.1 Å². The first-order valence-corrected chi connectivity index (χ1v) is 17.9. The number of likely N-dealkylation sites (N-methyl/N-ethyl adjacent to an activating group) is 1. The Hall–Kier alpha value is -3.87. The highest BCUT2D eigenvalue weighted by atomic mass is 35.5. The molecule has 48 heavy (non-hydrogen) atoms. The maximum atomic E-state index is 12.7. The van der Waals surface area contributed by atoms with Crippen molar-refractivity contribution in [1.82, 2.24) is 19.8 Å². The summed E-state index contributed by atoms with van der Waals surface area (Å²) in [5.74, 6) is 2.52. The topological polar surface area (TPSA) is 69.4 Å². The fourth-order valence-corrected chi connectivity index (χ4v) is 9.10. The van der Waals surface area contributed by atoms with Gasteiger partial charge >= 0.3 is 6.01 Å². The number of ether oxygens (including phenoxy) is 1. The van der Waals surface area contributed by atoms with E-state index in [2.05, 4.69) is 64.4 Å². The smallest absolute Gasteiger partial charge is 0.318 e. The number of halogens is 1. The van der Waals surface area contributed by atoms with Gasteiger partial charge in [0, 0.05) is 55.4 Å². The van der Waals surface area contributed by atoms with Crippen LogP contribution in [0.2, 0.25) is 5.02 Å². The first kappa shape index (κ1) is 32.7. The normalized spacial score (nSPS) is 24.4. The Morgan fingerprint density at radius 3 is 2.67 bits per heavy atom. The number of anilines is 2. The molecule has 1 saturated heterocycles. The standard InChI is InChI=1S/C38H46ClN7O2/c1-5-35(47)46-18-17-45(23-30(46)21-40-3)37-31-15-16-44(34-14-8-10-26-9-7-13-32(39)36(26)34)24-33(31)41-38(42-37)48-25(2)22-43(4)29-19-27-11-6-12-28(27)20-29/h5,7-10,13-14,25,27-30H,1,6,11-12,15-24H2,2,4H3/t25-,27?,28?,29?,30-/m0/s1. The molecule has 10 heteroatoms. The summed E-state index contributed by atoms with van der Waals surface area (Å²) in [6.07, 6.45) is 8.79. The summed E-state index contributed by atoms with van der Waals surface area (Å²) in [6.45, 7) is 17.4. The summed E-state index contributed by atoms with van der Waals surface area (Å²) in [5, 5.41) is 2.90. The Kier molecular flexibility index (Phi) is 9.48. The Balaban J connectivity index is 1.17. The highest BCUT2D eigenvalue weighted by molar-refractivity contribution is 6.36. The number of carbonyl (C=O) groups is 1. The molecular weight excluding hydrogens is 622 g/mol. The number of piperazine rings is 1. The molecule has 0 spiro atoms. The van der Waals surface area contributed by atoms with Crippen molar-refractivity contribution >= 4 is 39.8 Å². The Morgan fingerprint density at radius 2 is 1.92 bits per heavy atom. The molecule has 0 radical (unpaired) electrons. The van der Waals surface area contributed by atoms with E-state index in [1.54, 1.807) is 4.90 Å². The molecule has 252 valence electrons. The third-order valence-electron chi connectivity index (χ3n) is 11.2. The highest BCUT2D eigenvalue weighted by Gasteiger charge is 2.39. The van der Waals surface area contributed by atoms with Crippen LogP contribution < -0.4 is 14.5 Å². The van der Waals surface area contributed by atoms with Gasteiger partial charge in [-0.3, -0.25) is 9.69 Å². The molecule has 4 aliphatic rings. The van der Waals surface area contributed by atoms with Gasteiger partial charge in [-0.1, -0.05) is 61.7 Å². The van der Waals surface area contributed by atoms with Crippen LogP contribution in [0.15, 0.2) is 49.1 Å². The quantitative estimate of drug-likeness (QED) is 0.198. The van der Waals surface area contributed by atoms with Gasteiger partial charge in [0.2, 0.25) is 12.5 Å². The molecule has 2 unspecified atom stereocenters. The monoisotopic (exact) mass is 667 g/mol. The van der Waals surface area contributed by atoms with E-state index in [0.29, 0.717) is 38.2 Å². The minimum Gasteiger partial charge on any atom is -0.459 e. The Bertz CT molecular complexity index is 1710. The van der Waals surface area contributed by atoms with Gasteiger partial charge < -0.3 is 24.3 Å². The van der Waals surface area contributed by atoms with E-state index in [-0.39, 0.29) is 24.6 Å². The van der Waals surface area contributed by atoms with Gasteiger partial charge in [-0.05, 0) is 68.7 Å². The van der Waals surface area contributed by atoms with Crippen molar-refractivity contribution in [2.24, 2.45) is 11.8 Å². The summed E-state index contributed by atoms with van der Waals surface area (Å²) < 4.78 is 6.56. The van der Waals surface area contributed by atoms with E-state index < -0.39 is 0 Å². The minimum atomic E-state index is -0.242. The van der Waals surface area contributed by atoms with Crippen molar-refractivity contribution in [2.75, 3.05) is 56.1 Å². The molecule has 7 rings (SSSR count). The second-order valence-corrected chi connectivity index (χ2v) is 14.6. The van der Waals surface area contributed by atoms with Crippen molar-refractivity contribution in [3.05, 3.63) is 76.8 Å². The molecule has 4 atom stereocenters. The number of aromatic nitrogens is 2. The van der Waals surface area contributed by atoms with Gasteiger partial charge in [0.05, 0.1) is 17.3 Å². The molecule has 3 fully saturated rings. The van der Waals surface area contributed by atoms with Gasteiger partial charge in [-0.15, -0.1) is 0 Å². The van der Waals surface area contributed by atoms with Gasteiger partial charge in [-0.25, -0.2) is 6.57 Å². The van der Waals surface area contributed by atoms with E-state index in [4.69, 9.17) is 32.9 Å². The lowest BCUT2D eigenvalue weighted by molar-refractivity contribution is -0.128. The molecule has 2 saturated carbocycles. The molecule has 1 aromatic heterocycles. The average Bonchev–Trinajstić information content (AvgIpc) is 3.71. The van der Waals surface area contributed by atoms with Crippen LogP contribution in [0.4, 0.5) is 11.5 Å². The lowest BCUT2D eigenvalue weighted by Crippen LogP contribution is -2.56. The zero-order valence-corrected chi connectivity index (χ0v) is 28.9. The molecule has 2 aliphatic carbocycles. The second kappa shape index (κ2) is 13.9. The van der Waals surface area contributed by atoms with Crippen LogP contribution in [-0.4, -0.2) is 90.2 Å². The number of carbonyl (C=O) groups excluding carboxylic acids is 1. The van der Waals surface area contributed by atoms with Crippen LogP contribution in [-0.2, 0) is 17.8 Å². The van der Waals surface area contributed by atoms with Crippen molar-refractivity contribution < 1.29 is 9.53 Å². The van der Waals surface area contributed by atoms with Crippen molar-refractivity contribution in [2.45, 2.75) is 70.2 Å². The van der Waals surface area contributed by atoms with Crippen LogP contribution in [0.3, 0.4) is 0 Å². The van der Waals surface area contributed by atoms with E-state index >= 15 is 0 Å². The molecule has 2 aliphatic heterocycles. The van der Waals surface area contributed by atoms with Crippen LogP contribution in [0.1, 0.15) is 50.3 Å². The van der Waals surface area contributed by atoms with Crippen LogP contribution in [0.5, 0.6) is 6.01 Å². The highest BCUT2D eigenvalue weighted by Crippen LogP contribution is 2.45. The molecule has 2 aromatic carbocycles. The summed E-state index contributed by atoms with van der Waals surface area (Å²) in [5.41, 5.74) is 3.15. The fourth-order valence-electron chi connectivity index (χ4n) is 8.83. The fraction of sp³-hybridized carbons (Fsp3) is 0.526. The van der Waals surface area contributed by atoms with Gasteiger partial charge in [0.1, 0.15) is 18.0 Å². The van der Waals surface area contributed by atoms with Gasteiger partial charge in [-0.2, -0.15) is 9.97 Å². The summed E-state index contributed by atoms with van der Waals surface area (Å²) in [6, 6.07) is 13.1. The zero-order chi connectivity index (χ0) is 33.4. The summed E-state index contributed by atoms with van der Waals surface area (Å²) in [4.78, 5) is 35.3. The Morgan fingerprint density at radius 1 is 1.15 bits per heavy atom. The molecule has 0 bridgehead atoms. The predicted octanol–water partition coefficient (Wildman–Crippen LogP) is 6.25. The van der Waals surface area contributed by atoms with Crippen LogP contribution >= 0.6 is 11.6 Å². The number of hydrogen-bond acceptors (Lipinski definition) is 7. The number of nitrogens with zero attached hydrogens (tertiary/aromatic N) is 7. The number of hydrogen-bond donors (Lipinski definition) is 0. The van der Waals surface area contributed by atoms with Crippen molar-refractivity contribution in [3.8, 4) is 6.01 Å². The van der Waals surface area contributed by atoms with Crippen LogP contribution in [0, 0.1) is 18.4 Å². The molecule has 3 aromatic rings. The SMILES string of the molecule is [C-]#[N+]C[C@H]1CN(c2nc(O[C@@H](C)CN(C)C3CC4CCCC4C3)nc3c2CCN(c2cccc4cccc(Cl)c24)C3)CCN1C(=O)C=C. The average molecular weight is 668 g/mol. The molecule has 3 heterocycles. The third-order valence-corrected chi connectivity index (χ3v) is 11.5. The lowest BCUT2D eigenvalue weighted by atomic mass is 10.0. The van der Waals surface area contributed by atoms with E-state index in [1.165, 1.54) is 38.2 Å². The first-order valence-electron chi connectivity index (χ1n) is 17.5. The lowest BCUT2D eigenvalue weighted by Gasteiger charge is -2.41. The largest absolute Gasteiger partial charge is 0.459 e. The van der Waals surface area contributed by atoms with Gasteiger partial charge in [0.25, 0.3) is 0 Å². The van der Waals surface area contributed by atoms with Crippen molar-refractivity contribution in [1.29, 1.82) is 0 Å². The van der Waals surface area contributed by atoms with Crippen molar-refractivity contribution in [3.63, 3.8) is 0 Å².